The van der Waals surface area contributed by atoms with Gasteiger partial charge < -0.3 is 10.5 Å². The average molecular weight is 267 g/mol. The molecule has 1 aliphatic carbocycles. The maximum atomic E-state index is 6.01. The topological polar surface area (TPSA) is 35.2 Å². The van der Waals surface area contributed by atoms with Crippen molar-refractivity contribution < 1.29 is 4.74 Å². The lowest BCUT2D eigenvalue weighted by Gasteiger charge is -2.24. The first-order valence-corrected chi connectivity index (χ1v) is 7.34. The van der Waals surface area contributed by atoms with Gasteiger partial charge in [0, 0.05) is 0 Å². The summed E-state index contributed by atoms with van der Waals surface area (Å²) in [5.74, 6) is 2.38. The monoisotopic (exact) mass is 267 g/mol. The highest BCUT2D eigenvalue weighted by Crippen LogP contribution is 2.34. The molecule has 2 heteroatoms. The number of fused-ring (bicyclic) bond motifs is 1. The Kier molecular flexibility index (Phi) is 3.75. The minimum Gasteiger partial charge on any atom is -0.457 e. The van der Waals surface area contributed by atoms with Crippen LogP contribution in [0.5, 0.6) is 11.5 Å². The molecule has 0 heterocycles. The van der Waals surface area contributed by atoms with E-state index in [1.54, 1.807) is 0 Å². The molecule has 0 amide bonds. The van der Waals surface area contributed by atoms with Crippen LogP contribution in [0.15, 0.2) is 42.5 Å². The van der Waals surface area contributed by atoms with Gasteiger partial charge in [-0.1, -0.05) is 24.3 Å². The number of ether oxygens (including phenoxy) is 1. The van der Waals surface area contributed by atoms with Crippen LogP contribution >= 0.6 is 0 Å². The second-order valence-corrected chi connectivity index (χ2v) is 5.55. The van der Waals surface area contributed by atoms with E-state index in [1.165, 1.54) is 24.0 Å². The van der Waals surface area contributed by atoms with E-state index in [9.17, 15) is 0 Å². The third-order valence-electron chi connectivity index (χ3n) is 4.16. The molecule has 1 atom stereocenters. The summed E-state index contributed by atoms with van der Waals surface area (Å²) in [4.78, 5) is 0. The fourth-order valence-electron chi connectivity index (χ4n) is 3.00. The summed E-state index contributed by atoms with van der Waals surface area (Å²) >= 11 is 0. The van der Waals surface area contributed by atoms with Crippen molar-refractivity contribution in [1.29, 1.82) is 0 Å². The van der Waals surface area contributed by atoms with Crippen molar-refractivity contribution in [3.63, 3.8) is 0 Å². The predicted molar refractivity (Wildman–Crippen MR) is 82.4 cm³/mol. The highest BCUT2D eigenvalue weighted by Gasteiger charge is 2.19. The van der Waals surface area contributed by atoms with Crippen molar-refractivity contribution in [3.05, 3.63) is 59.2 Å². The molecule has 2 aromatic rings. The fourth-order valence-corrected chi connectivity index (χ4v) is 3.00. The number of hydrogen-bond donors (Lipinski definition) is 1. The van der Waals surface area contributed by atoms with Gasteiger partial charge in [-0.25, -0.2) is 0 Å². The SMILES string of the molecule is Cc1ccccc1Oc1ccc2c(c1)CCCC2CN. The minimum absolute atomic E-state index is 0.520. The number of rotatable bonds is 3. The van der Waals surface area contributed by atoms with Crippen LogP contribution in [-0.2, 0) is 6.42 Å². The second kappa shape index (κ2) is 5.68. The first kappa shape index (κ1) is 13.2. The molecule has 2 nitrogen and oxygen atoms in total. The highest BCUT2D eigenvalue weighted by molar-refractivity contribution is 5.43. The Bertz CT molecular complexity index is 606. The lowest BCUT2D eigenvalue weighted by molar-refractivity contribution is 0.475. The van der Waals surface area contributed by atoms with Crippen LogP contribution < -0.4 is 10.5 Å². The van der Waals surface area contributed by atoms with E-state index in [1.807, 2.05) is 18.2 Å². The van der Waals surface area contributed by atoms with E-state index in [4.69, 9.17) is 10.5 Å². The van der Waals surface area contributed by atoms with Gasteiger partial charge in [-0.15, -0.1) is 0 Å². The van der Waals surface area contributed by atoms with Crippen LogP contribution in [0.1, 0.15) is 35.4 Å². The van der Waals surface area contributed by atoms with E-state index in [-0.39, 0.29) is 0 Å². The van der Waals surface area contributed by atoms with Gasteiger partial charge in [0.25, 0.3) is 0 Å². The van der Waals surface area contributed by atoms with Crippen LogP contribution in [0.3, 0.4) is 0 Å². The molecule has 1 unspecified atom stereocenters. The lowest BCUT2D eigenvalue weighted by Crippen LogP contribution is -2.18. The standard InChI is InChI=1S/C18H21NO/c1-13-5-2-3-8-18(13)20-16-9-10-17-14(11-16)6-4-7-15(17)12-19/h2-3,5,8-11,15H,4,6-7,12,19H2,1H3. The quantitative estimate of drug-likeness (QED) is 0.906. The molecule has 3 rings (SSSR count). The van der Waals surface area contributed by atoms with Gasteiger partial charge in [0.1, 0.15) is 11.5 Å². The van der Waals surface area contributed by atoms with Crippen LogP contribution in [0.2, 0.25) is 0 Å². The molecule has 0 aliphatic heterocycles. The Hall–Kier alpha value is -1.80. The molecule has 104 valence electrons. The Morgan fingerprint density at radius 2 is 2.05 bits per heavy atom. The number of para-hydroxylation sites is 1. The fraction of sp³-hybridized carbons (Fsp3) is 0.333. The van der Waals surface area contributed by atoms with Gasteiger partial charge in [-0.2, -0.15) is 0 Å². The van der Waals surface area contributed by atoms with Gasteiger partial charge in [0.05, 0.1) is 0 Å². The molecule has 2 aromatic carbocycles. The lowest BCUT2D eigenvalue weighted by atomic mass is 9.83. The molecule has 0 saturated carbocycles. The van der Waals surface area contributed by atoms with Gasteiger partial charge >= 0.3 is 0 Å². The zero-order valence-electron chi connectivity index (χ0n) is 11.9. The third kappa shape index (κ3) is 2.56. The van der Waals surface area contributed by atoms with Crippen LogP contribution in [-0.4, -0.2) is 6.54 Å². The molecule has 0 bridgehead atoms. The minimum atomic E-state index is 0.520. The zero-order chi connectivity index (χ0) is 13.9. The summed E-state index contributed by atoms with van der Waals surface area (Å²) in [5, 5.41) is 0. The Balaban J connectivity index is 1.87. The third-order valence-corrected chi connectivity index (χ3v) is 4.16. The van der Waals surface area contributed by atoms with Gasteiger partial charge in [0.15, 0.2) is 0 Å². The van der Waals surface area contributed by atoms with Gasteiger partial charge in [0.2, 0.25) is 0 Å². The van der Waals surface area contributed by atoms with E-state index >= 15 is 0 Å². The number of aryl methyl sites for hydroxylation is 2. The summed E-state index contributed by atoms with van der Waals surface area (Å²) in [6.45, 7) is 2.81. The van der Waals surface area contributed by atoms with Crippen molar-refractivity contribution in [2.24, 2.45) is 5.73 Å². The Labute approximate surface area is 120 Å². The summed E-state index contributed by atoms with van der Waals surface area (Å²) < 4.78 is 6.01. The summed E-state index contributed by atoms with van der Waals surface area (Å²) in [6.07, 6.45) is 3.57. The summed E-state index contributed by atoms with van der Waals surface area (Å²) in [7, 11) is 0. The van der Waals surface area contributed by atoms with Crippen LogP contribution in [0.4, 0.5) is 0 Å². The molecule has 0 fully saturated rings. The molecular weight excluding hydrogens is 246 g/mol. The molecule has 0 radical (unpaired) electrons. The van der Waals surface area contributed by atoms with Crippen molar-refractivity contribution >= 4 is 0 Å². The van der Waals surface area contributed by atoms with E-state index < -0.39 is 0 Å². The molecule has 0 saturated heterocycles. The van der Waals surface area contributed by atoms with Crippen molar-refractivity contribution in [2.45, 2.75) is 32.1 Å². The maximum Gasteiger partial charge on any atom is 0.130 e. The number of hydrogen-bond acceptors (Lipinski definition) is 2. The number of nitrogens with two attached hydrogens (primary N) is 1. The number of benzene rings is 2. The van der Waals surface area contributed by atoms with E-state index in [0.717, 1.165) is 30.0 Å². The van der Waals surface area contributed by atoms with Crippen LogP contribution in [0, 0.1) is 6.92 Å². The molecule has 0 spiro atoms. The largest absolute Gasteiger partial charge is 0.457 e. The van der Waals surface area contributed by atoms with Gasteiger partial charge in [-0.3, -0.25) is 0 Å². The predicted octanol–water partition coefficient (Wildman–Crippen LogP) is 4.17. The maximum absolute atomic E-state index is 6.01. The molecule has 1 aliphatic rings. The van der Waals surface area contributed by atoms with Crippen molar-refractivity contribution in [2.75, 3.05) is 6.54 Å². The normalized spacial score (nSPS) is 17.6. The Morgan fingerprint density at radius 1 is 1.20 bits per heavy atom. The molecule has 2 N–H and O–H groups in total. The summed E-state index contributed by atoms with van der Waals surface area (Å²) in [6, 6.07) is 14.6. The summed E-state index contributed by atoms with van der Waals surface area (Å²) in [5.41, 5.74) is 9.84. The first-order chi connectivity index (χ1) is 9.78. The molecular formula is C18H21NO. The van der Waals surface area contributed by atoms with E-state index in [0.29, 0.717) is 5.92 Å². The van der Waals surface area contributed by atoms with Gasteiger partial charge in [-0.05, 0) is 73.5 Å². The molecule has 20 heavy (non-hydrogen) atoms. The molecule has 0 aromatic heterocycles. The van der Waals surface area contributed by atoms with E-state index in [2.05, 4.69) is 31.2 Å². The average Bonchev–Trinajstić information content (AvgIpc) is 2.49. The highest BCUT2D eigenvalue weighted by atomic mass is 16.5. The Morgan fingerprint density at radius 3 is 2.85 bits per heavy atom. The van der Waals surface area contributed by atoms with Crippen molar-refractivity contribution in [3.8, 4) is 11.5 Å². The zero-order valence-corrected chi connectivity index (χ0v) is 11.9. The second-order valence-electron chi connectivity index (χ2n) is 5.55. The smallest absolute Gasteiger partial charge is 0.130 e. The van der Waals surface area contributed by atoms with Crippen molar-refractivity contribution in [1.82, 2.24) is 0 Å². The van der Waals surface area contributed by atoms with Crippen LogP contribution in [0.25, 0.3) is 0 Å². The first-order valence-electron chi connectivity index (χ1n) is 7.34.